The normalized spacial score (nSPS) is 16.4. The Morgan fingerprint density at radius 2 is 2.00 bits per heavy atom. The molecule has 6 nitrogen and oxygen atoms in total. The van der Waals surface area contributed by atoms with Crippen LogP contribution >= 0.6 is 22.9 Å². The highest BCUT2D eigenvalue weighted by Crippen LogP contribution is 2.29. The first-order chi connectivity index (χ1) is 14.9. The van der Waals surface area contributed by atoms with Gasteiger partial charge in [0.25, 0.3) is 5.91 Å². The van der Waals surface area contributed by atoms with Crippen LogP contribution in [-0.4, -0.2) is 29.9 Å². The summed E-state index contributed by atoms with van der Waals surface area (Å²) in [7, 11) is 1.62. The summed E-state index contributed by atoms with van der Waals surface area (Å²) in [5.74, 6) is 0.164. The molecule has 2 aromatic rings. The second kappa shape index (κ2) is 11.0. The van der Waals surface area contributed by atoms with Gasteiger partial charge in [0.05, 0.1) is 27.3 Å². The monoisotopic (exact) mass is 462 g/mol. The average Bonchev–Trinajstić information content (AvgIpc) is 3.26. The van der Waals surface area contributed by atoms with E-state index < -0.39 is 6.04 Å². The standard InChI is InChI=1S/C23H31ClN4O2S/c1-14-18(12-17(24)13-26-14)27-15(2)20-9-10-21(31-20)23(30)28-19(22(29)25-3)11-16-7-5-4-6-8-16/h9-10,12-13,15-16,19,27H,4-8,11H2,1-3H3,(H,25,29)(H,28,30)/t15?,19-/m0/s1. The first-order valence-electron chi connectivity index (χ1n) is 10.9. The van der Waals surface area contributed by atoms with E-state index >= 15 is 0 Å². The number of likely N-dealkylation sites (N-methyl/N-ethyl adjacent to an activating group) is 1. The lowest BCUT2D eigenvalue weighted by molar-refractivity contribution is -0.123. The number of aromatic nitrogens is 1. The molecule has 0 aliphatic heterocycles. The van der Waals surface area contributed by atoms with Gasteiger partial charge >= 0.3 is 0 Å². The quantitative estimate of drug-likeness (QED) is 0.510. The predicted octanol–water partition coefficient (Wildman–Crippen LogP) is 5.09. The third kappa shape index (κ3) is 6.43. The highest BCUT2D eigenvalue weighted by molar-refractivity contribution is 7.14. The SMILES string of the molecule is CNC(=O)[C@H](CC1CCCCC1)NC(=O)c1ccc(C(C)Nc2cc(Cl)cnc2C)s1. The van der Waals surface area contributed by atoms with E-state index in [0.29, 0.717) is 22.2 Å². The maximum atomic E-state index is 12.9. The number of thiophene rings is 1. The largest absolute Gasteiger partial charge is 0.376 e. The number of anilines is 1. The van der Waals surface area contributed by atoms with E-state index in [2.05, 4.69) is 20.9 Å². The third-order valence-electron chi connectivity index (χ3n) is 5.86. The fraction of sp³-hybridized carbons (Fsp3) is 0.522. The van der Waals surface area contributed by atoms with Crippen LogP contribution in [0.4, 0.5) is 5.69 Å². The van der Waals surface area contributed by atoms with Crippen molar-refractivity contribution in [3.05, 3.63) is 44.9 Å². The maximum Gasteiger partial charge on any atom is 0.262 e. The smallest absolute Gasteiger partial charge is 0.262 e. The molecule has 0 bridgehead atoms. The summed E-state index contributed by atoms with van der Waals surface area (Å²) < 4.78 is 0. The summed E-state index contributed by atoms with van der Waals surface area (Å²) in [4.78, 5) is 31.2. The zero-order valence-electron chi connectivity index (χ0n) is 18.3. The van der Waals surface area contributed by atoms with Gasteiger partial charge in [-0.25, -0.2) is 0 Å². The number of aryl methyl sites for hydroxylation is 1. The minimum atomic E-state index is -0.498. The number of pyridine rings is 1. The molecule has 2 atom stereocenters. The zero-order chi connectivity index (χ0) is 22.4. The van der Waals surface area contributed by atoms with Gasteiger partial charge in [-0.05, 0) is 44.4 Å². The Kier molecular flexibility index (Phi) is 8.32. The van der Waals surface area contributed by atoms with Gasteiger partial charge in [0, 0.05) is 18.1 Å². The van der Waals surface area contributed by atoms with E-state index in [-0.39, 0.29) is 17.9 Å². The van der Waals surface area contributed by atoms with Crippen molar-refractivity contribution in [2.24, 2.45) is 5.92 Å². The molecule has 0 saturated heterocycles. The molecule has 3 rings (SSSR count). The van der Waals surface area contributed by atoms with Crippen molar-refractivity contribution in [2.45, 2.75) is 64.5 Å². The Labute approximate surface area is 193 Å². The lowest BCUT2D eigenvalue weighted by atomic mass is 9.84. The Balaban J connectivity index is 1.64. The molecular weight excluding hydrogens is 432 g/mol. The van der Waals surface area contributed by atoms with Gasteiger partial charge in [-0.15, -0.1) is 11.3 Å². The molecule has 2 heterocycles. The second-order valence-corrected chi connectivity index (χ2v) is 9.79. The Hall–Kier alpha value is -2.12. The van der Waals surface area contributed by atoms with E-state index in [1.165, 1.54) is 30.6 Å². The number of hydrogen-bond donors (Lipinski definition) is 3. The number of rotatable bonds is 8. The lowest BCUT2D eigenvalue weighted by Crippen LogP contribution is -2.46. The molecule has 1 aliphatic carbocycles. The number of nitrogens with zero attached hydrogens (tertiary/aromatic N) is 1. The first-order valence-corrected chi connectivity index (χ1v) is 12.1. The van der Waals surface area contributed by atoms with Gasteiger partial charge in [-0.3, -0.25) is 14.6 Å². The van der Waals surface area contributed by atoms with Gasteiger partial charge in [-0.1, -0.05) is 43.7 Å². The summed E-state index contributed by atoms with van der Waals surface area (Å²) in [6.07, 6.45) is 8.27. The summed E-state index contributed by atoms with van der Waals surface area (Å²) in [5.41, 5.74) is 1.73. The highest BCUT2D eigenvalue weighted by atomic mass is 35.5. The van der Waals surface area contributed by atoms with E-state index in [4.69, 9.17) is 11.6 Å². The van der Waals surface area contributed by atoms with Crippen molar-refractivity contribution in [3.8, 4) is 0 Å². The minimum absolute atomic E-state index is 0.0116. The van der Waals surface area contributed by atoms with Crippen LogP contribution in [0.5, 0.6) is 0 Å². The molecular formula is C23H31ClN4O2S. The van der Waals surface area contributed by atoms with E-state index in [9.17, 15) is 9.59 Å². The van der Waals surface area contributed by atoms with Gasteiger partial charge < -0.3 is 16.0 Å². The van der Waals surface area contributed by atoms with Crippen LogP contribution in [0, 0.1) is 12.8 Å². The topological polar surface area (TPSA) is 83.1 Å². The lowest BCUT2D eigenvalue weighted by Gasteiger charge is -2.26. The Morgan fingerprint density at radius 1 is 1.26 bits per heavy atom. The number of hydrogen-bond acceptors (Lipinski definition) is 5. The molecule has 0 spiro atoms. The number of carbonyl (C=O) groups excluding carboxylic acids is 2. The van der Waals surface area contributed by atoms with Gasteiger partial charge in [0.1, 0.15) is 6.04 Å². The van der Waals surface area contributed by atoms with E-state index in [1.54, 1.807) is 13.2 Å². The summed E-state index contributed by atoms with van der Waals surface area (Å²) in [5, 5.41) is 9.64. The number of carbonyl (C=O) groups is 2. The molecule has 31 heavy (non-hydrogen) atoms. The van der Waals surface area contributed by atoms with E-state index in [0.717, 1.165) is 29.1 Å². The second-order valence-electron chi connectivity index (χ2n) is 8.23. The van der Waals surface area contributed by atoms with Crippen LogP contribution in [0.2, 0.25) is 5.02 Å². The van der Waals surface area contributed by atoms with Crippen LogP contribution in [0.15, 0.2) is 24.4 Å². The number of nitrogens with one attached hydrogen (secondary N) is 3. The Morgan fingerprint density at radius 3 is 2.71 bits per heavy atom. The summed E-state index contributed by atoms with van der Waals surface area (Å²) in [6, 6.07) is 5.10. The zero-order valence-corrected chi connectivity index (χ0v) is 19.9. The fourth-order valence-corrected chi connectivity index (χ4v) is 5.13. The highest BCUT2D eigenvalue weighted by Gasteiger charge is 2.26. The molecule has 0 radical (unpaired) electrons. The molecule has 2 aromatic heterocycles. The maximum absolute atomic E-state index is 12.9. The van der Waals surface area contributed by atoms with Crippen LogP contribution in [-0.2, 0) is 4.79 Å². The van der Waals surface area contributed by atoms with E-state index in [1.807, 2.05) is 32.0 Å². The van der Waals surface area contributed by atoms with Crippen molar-refractivity contribution in [1.82, 2.24) is 15.6 Å². The fourth-order valence-electron chi connectivity index (χ4n) is 4.06. The van der Waals surface area contributed by atoms with Crippen molar-refractivity contribution in [2.75, 3.05) is 12.4 Å². The number of amides is 2. The average molecular weight is 463 g/mol. The van der Waals surface area contributed by atoms with Crippen molar-refractivity contribution in [1.29, 1.82) is 0 Å². The molecule has 8 heteroatoms. The Bertz CT molecular complexity index is 911. The van der Waals surface area contributed by atoms with Crippen LogP contribution in [0.1, 0.15) is 71.7 Å². The summed E-state index contributed by atoms with van der Waals surface area (Å²) >= 11 is 7.49. The van der Waals surface area contributed by atoms with Crippen molar-refractivity contribution in [3.63, 3.8) is 0 Å². The first kappa shape index (κ1) is 23.5. The van der Waals surface area contributed by atoms with Crippen LogP contribution < -0.4 is 16.0 Å². The van der Waals surface area contributed by atoms with Gasteiger partial charge in [0.15, 0.2) is 0 Å². The molecule has 1 saturated carbocycles. The van der Waals surface area contributed by atoms with Gasteiger partial charge in [-0.2, -0.15) is 0 Å². The van der Waals surface area contributed by atoms with Crippen LogP contribution in [0.25, 0.3) is 0 Å². The summed E-state index contributed by atoms with van der Waals surface area (Å²) in [6.45, 7) is 3.95. The molecule has 2 amide bonds. The molecule has 1 aliphatic rings. The van der Waals surface area contributed by atoms with Crippen molar-refractivity contribution >= 4 is 40.4 Å². The molecule has 168 valence electrons. The molecule has 1 fully saturated rings. The molecule has 1 unspecified atom stereocenters. The molecule has 3 N–H and O–H groups in total. The minimum Gasteiger partial charge on any atom is -0.376 e. The number of halogens is 1. The van der Waals surface area contributed by atoms with Crippen molar-refractivity contribution < 1.29 is 9.59 Å². The van der Waals surface area contributed by atoms with Crippen LogP contribution in [0.3, 0.4) is 0 Å². The third-order valence-corrected chi connectivity index (χ3v) is 7.34. The predicted molar refractivity (Wildman–Crippen MR) is 127 cm³/mol. The van der Waals surface area contributed by atoms with Gasteiger partial charge in [0.2, 0.25) is 5.91 Å². The molecule has 0 aromatic carbocycles.